The van der Waals surface area contributed by atoms with Gasteiger partial charge in [0.25, 0.3) is 11.6 Å². The molecular weight excluding hydrogens is 320 g/mol. The van der Waals surface area contributed by atoms with Crippen LogP contribution < -0.4 is 4.74 Å². The third-order valence-corrected chi connectivity index (χ3v) is 3.41. The quantitative estimate of drug-likeness (QED) is 0.599. The van der Waals surface area contributed by atoms with Gasteiger partial charge in [-0.15, -0.1) is 0 Å². The standard InChI is InChI=1S/C16H15ClN2O4/c1-18(9-10-23-15-7-5-13(17)6-8-15)16(20)12-3-2-4-14(11-12)19(21)22/h2-8,11H,9-10H2,1H3. The van der Waals surface area contributed by atoms with Crippen molar-refractivity contribution in [3.8, 4) is 5.75 Å². The number of halogens is 1. The fraction of sp³-hybridized carbons (Fsp3) is 0.188. The Morgan fingerprint density at radius 3 is 2.61 bits per heavy atom. The van der Waals surface area contributed by atoms with E-state index in [4.69, 9.17) is 16.3 Å². The van der Waals surface area contributed by atoms with Crippen LogP contribution in [0.3, 0.4) is 0 Å². The maximum absolute atomic E-state index is 12.2. The van der Waals surface area contributed by atoms with E-state index in [-0.39, 0.29) is 17.2 Å². The minimum Gasteiger partial charge on any atom is -0.492 e. The van der Waals surface area contributed by atoms with E-state index in [2.05, 4.69) is 0 Å². The van der Waals surface area contributed by atoms with E-state index in [1.54, 1.807) is 37.4 Å². The molecule has 0 bridgehead atoms. The smallest absolute Gasteiger partial charge is 0.270 e. The summed E-state index contributed by atoms with van der Waals surface area (Å²) < 4.78 is 5.52. The molecule has 2 aromatic carbocycles. The lowest BCUT2D eigenvalue weighted by molar-refractivity contribution is -0.384. The highest BCUT2D eigenvalue weighted by Gasteiger charge is 2.15. The monoisotopic (exact) mass is 334 g/mol. The average molecular weight is 335 g/mol. The lowest BCUT2D eigenvalue weighted by Crippen LogP contribution is -2.30. The van der Waals surface area contributed by atoms with Gasteiger partial charge in [0.15, 0.2) is 0 Å². The summed E-state index contributed by atoms with van der Waals surface area (Å²) in [7, 11) is 1.62. The summed E-state index contributed by atoms with van der Waals surface area (Å²) in [5.74, 6) is 0.360. The molecule has 6 nitrogen and oxygen atoms in total. The fourth-order valence-electron chi connectivity index (χ4n) is 1.91. The molecule has 0 unspecified atom stereocenters. The van der Waals surface area contributed by atoms with Crippen LogP contribution in [0.4, 0.5) is 5.69 Å². The van der Waals surface area contributed by atoms with Gasteiger partial charge in [0.05, 0.1) is 11.5 Å². The molecule has 0 saturated heterocycles. The second-order valence-electron chi connectivity index (χ2n) is 4.84. The van der Waals surface area contributed by atoms with Crippen molar-refractivity contribution >= 4 is 23.2 Å². The molecule has 2 rings (SSSR count). The molecule has 0 spiro atoms. The largest absolute Gasteiger partial charge is 0.492 e. The topological polar surface area (TPSA) is 72.7 Å². The summed E-state index contributed by atoms with van der Waals surface area (Å²) in [5.41, 5.74) is 0.162. The van der Waals surface area contributed by atoms with E-state index in [0.717, 1.165) is 0 Å². The third kappa shape index (κ3) is 4.69. The number of rotatable bonds is 6. The highest BCUT2D eigenvalue weighted by molar-refractivity contribution is 6.30. The Labute approximate surface area is 138 Å². The van der Waals surface area contributed by atoms with Crippen LogP contribution in [-0.2, 0) is 0 Å². The molecular formula is C16H15ClN2O4. The van der Waals surface area contributed by atoms with E-state index in [1.165, 1.54) is 23.1 Å². The molecule has 0 radical (unpaired) electrons. The fourth-order valence-corrected chi connectivity index (χ4v) is 2.03. The van der Waals surface area contributed by atoms with Gasteiger partial charge in [-0.05, 0) is 30.3 Å². The predicted molar refractivity (Wildman–Crippen MR) is 87.0 cm³/mol. The summed E-state index contributed by atoms with van der Waals surface area (Å²) in [6.07, 6.45) is 0. The van der Waals surface area contributed by atoms with Gasteiger partial charge in [0.2, 0.25) is 0 Å². The molecule has 0 aliphatic carbocycles. The minimum absolute atomic E-state index is 0.110. The Morgan fingerprint density at radius 2 is 1.96 bits per heavy atom. The summed E-state index contributed by atoms with van der Waals surface area (Å²) in [5, 5.41) is 11.4. The second-order valence-corrected chi connectivity index (χ2v) is 5.27. The van der Waals surface area contributed by atoms with Crippen LogP contribution in [0.25, 0.3) is 0 Å². The number of non-ortho nitro benzene ring substituents is 1. The van der Waals surface area contributed by atoms with Crippen LogP contribution in [0.2, 0.25) is 5.02 Å². The molecule has 0 saturated carbocycles. The first-order valence-electron chi connectivity index (χ1n) is 6.85. The van der Waals surface area contributed by atoms with Crippen LogP contribution >= 0.6 is 11.6 Å². The second kappa shape index (κ2) is 7.60. The first-order chi connectivity index (χ1) is 11.0. The van der Waals surface area contributed by atoms with Crippen molar-refractivity contribution in [3.63, 3.8) is 0 Å². The molecule has 0 N–H and O–H groups in total. The predicted octanol–water partition coefficient (Wildman–Crippen LogP) is 3.40. The lowest BCUT2D eigenvalue weighted by Gasteiger charge is -2.17. The molecule has 0 atom stereocenters. The molecule has 1 amide bonds. The number of carbonyl (C=O) groups is 1. The van der Waals surface area contributed by atoms with Gasteiger partial charge in [0, 0.05) is 29.8 Å². The average Bonchev–Trinajstić information content (AvgIpc) is 2.56. The number of amides is 1. The molecule has 120 valence electrons. The summed E-state index contributed by atoms with van der Waals surface area (Å²) in [6, 6.07) is 12.6. The van der Waals surface area contributed by atoms with Gasteiger partial charge in [-0.3, -0.25) is 14.9 Å². The number of nitro groups is 1. The van der Waals surface area contributed by atoms with Crippen LogP contribution in [0, 0.1) is 10.1 Å². The SMILES string of the molecule is CN(CCOc1ccc(Cl)cc1)C(=O)c1cccc([N+](=O)[O-])c1. The molecule has 0 fully saturated rings. The normalized spacial score (nSPS) is 10.2. The van der Waals surface area contributed by atoms with Crippen molar-refractivity contribution in [2.45, 2.75) is 0 Å². The number of benzene rings is 2. The van der Waals surface area contributed by atoms with Crippen LogP contribution in [0.5, 0.6) is 5.75 Å². The Kier molecular flexibility index (Phi) is 5.54. The number of hydrogen-bond donors (Lipinski definition) is 0. The van der Waals surface area contributed by atoms with Crippen molar-refractivity contribution in [2.75, 3.05) is 20.2 Å². The first kappa shape index (κ1) is 16.8. The number of hydrogen-bond acceptors (Lipinski definition) is 4. The number of ether oxygens (including phenoxy) is 1. The van der Waals surface area contributed by atoms with E-state index in [1.807, 2.05) is 0 Å². The number of nitro benzene ring substituents is 1. The summed E-state index contributed by atoms with van der Waals surface area (Å²) in [4.78, 5) is 23.9. The van der Waals surface area contributed by atoms with Crippen molar-refractivity contribution in [3.05, 3.63) is 69.2 Å². The van der Waals surface area contributed by atoms with Crippen molar-refractivity contribution < 1.29 is 14.5 Å². The van der Waals surface area contributed by atoms with Crippen LogP contribution in [0.1, 0.15) is 10.4 Å². The van der Waals surface area contributed by atoms with Crippen LogP contribution in [-0.4, -0.2) is 35.9 Å². The highest BCUT2D eigenvalue weighted by Crippen LogP contribution is 2.16. The molecule has 0 aromatic heterocycles. The molecule has 2 aromatic rings. The zero-order valence-corrected chi connectivity index (χ0v) is 13.2. The maximum atomic E-state index is 12.2. The zero-order valence-electron chi connectivity index (χ0n) is 12.4. The number of carbonyl (C=O) groups excluding carboxylic acids is 1. The highest BCUT2D eigenvalue weighted by atomic mass is 35.5. The van der Waals surface area contributed by atoms with E-state index >= 15 is 0 Å². The van der Waals surface area contributed by atoms with Crippen molar-refractivity contribution in [2.24, 2.45) is 0 Å². The molecule has 0 aliphatic rings. The van der Waals surface area contributed by atoms with Gasteiger partial charge in [-0.2, -0.15) is 0 Å². The van der Waals surface area contributed by atoms with Crippen molar-refractivity contribution in [1.82, 2.24) is 4.90 Å². The Balaban J connectivity index is 1.91. The van der Waals surface area contributed by atoms with Crippen molar-refractivity contribution in [1.29, 1.82) is 0 Å². The maximum Gasteiger partial charge on any atom is 0.270 e. The molecule has 23 heavy (non-hydrogen) atoms. The van der Waals surface area contributed by atoms with E-state index < -0.39 is 4.92 Å². The van der Waals surface area contributed by atoms with Gasteiger partial charge in [-0.1, -0.05) is 17.7 Å². The van der Waals surface area contributed by atoms with E-state index in [0.29, 0.717) is 23.9 Å². The third-order valence-electron chi connectivity index (χ3n) is 3.16. The Morgan fingerprint density at radius 1 is 1.26 bits per heavy atom. The minimum atomic E-state index is -0.527. The molecule has 0 heterocycles. The number of likely N-dealkylation sites (N-methyl/N-ethyl adjacent to an activating group) is 1. The van der Waals surface area contributed by atoms with Gasteiger partial charge >= 0.3 is 0 Å². The summed E-state index contributed by atoms with van der Waals surface area (Å²) >= 11 is 5.78. The molecule has 7 heteroatoms. The molecule has 0 aliphatic heterocycles. The lowest BCUT2D eigenvalue weighted by atomic mass is 10.2. The van der Waals surface area contributed by atoms with Gasteiger partial charge in [0.1, 0.15) is 12.4 Å². The zero-order chi connectivity index (χ0) is 16.8. The van der Waals surface area contributed by atoms with Gasteiger partial charge < -0.3 is 9.64 Å². The Hall–Kier alpha value is -2.60. The van der Waals surface area contributed by atoms with E-state index in [9.17, 15) is 14.9 Å². The Bertz CT molecular complexity index is 703. The van der Waals surface area contributed by atoms with Crippen LogP contribution in [0.15, 0.2) is 48.5 Å². The number of nitrogens with zero attached hydrogens (tertiary/aromatic N) is 2. The summed E-state index contributed by atoms with van der Waals surface area (Å²) in [6.45, 7) is 0.656. The first-order valence-corrected chi connectivity index (χ1v) is 7.23. The van der Waals surface area contributed by atoms with Gasteiger partial charge in [-0.25, -0.2) is 0 Å².